The molecule has 0 aliphatic rings. The highest BCUT2D eigenvalue weighted by atomic mass is 35.5. The van der Waals surface area contributed by atoms with Crippen LogP contribution < -0.4 is 5.32 Å². The Morgan fingerprint density at radius 3 is 2.63 bits per heavy atom. The number of anilines is 2. The van der Waals surface area contributed by atoms with Crippen LogP contribution in [0.25, 0.3) is 11.3 Å². The summed E-state index contributed by atoms with van der Waals surface area (Å²) in [5, 5.41) is 6.43. The van der Waals surface area contributed by atoms with Crippen LogP contribution in [0.2, 0.25) is 5.02 Å². The molecule has 2 heterocycles. The lowest BCUT2D eigenvalue weighted by molar-refractivity contribution is 1.16. The van der Waals surface area contributed by atoms with E-state index in [0.717, 1.165) is 16.4 Å². The second kappa shape index (κ2) is 5.34. The van der Waals surface area contributed by atoms with Crippen molar-refractivity contribution in [3.05, 3.63) is 53.1 Å². The third kappa shape index (κ3) is 2.72. The molecule has 19 heavy (non-hydrogen) atoms. The largest absolute Gasteiger partial charge is 0.300 e. The molecule has 1 N–H and O–H groups in total. The van der Waals surface area contributed by atoms with Crippen LogP contribution in [-0.4, -0.2) is 15.0 Å². The molecule has 2 aromatic heterocycles. The van der Waals surface area contributed by atoms with Gasteiger partial charge in [0, 0.05) is 28.4 Å². The van der Waals surface area contributed by atoms with E-state index in [4.69, 9.17) is 11.6 Å². The second-order valence-electron chi connectivity index (χ2n) is 3.72. The number of nitrogens with one attached hydrogen (secondary N) is 1. The molecule has 0 radical (unpaired) electrons. The Morgan fingerprint density at radius 2 is 1.84 bits per heavy atom. The topological polar surface area (TPSA) is 50.7 Å². The number of rotatable bonds is 3. The fourth-order valence-corrected chi connectivity index (χ4v) is 2.52. The molecule has 0 fully saturated rings. The minimum atomic E-state index is 0.530. The van der Waals surface area contributed by atoms with Gasteiger partial charge in [-0.15, -0.1) is 11.3 Å². The standard InChI is InChI=1S/C13H9ClN4S/c14-10-5-2-1-4-9(10)11-8-19-13(17-11)18-12-15-6-3-7-16-12/h1-8H,(H,15,16,17,18). The zero-order valence-electron chi connectivity index (χ0n) is 9.75. The van der Waals surface area contributed by atoms with Crippen LogP contribution in [0.1, 0.15) is 0 Å². The molecular weight excluding hydrogens is 280 g/mol. The van der Waals surface area contributed by atoms with Crippen LogP contribution in [0.4, 0.5) is 11.1 Å². The number of halogens is 1. The van der Waals surface area contributed by atoms with Crippen LogP contribution in [0.15, 0.2) is 48.1 Å². The molecule has 0 saturated carbocycles. The van der Waals surface area contributed by atoms with Gasteiger partial charge < -0.3 is 5.32 Å². The van der Waals surface area contributed by atoms with Gasteiger partial charge in [0.25, 0.3) is 0 Å². The first-order valence-electron chi connectivity index (χ1n) is 5.57. The Balaban J connectivity index is 1.86. The number of thiazole rings is 1. The van der Waals surface area contributed by atoms with Crippen molar-refractivity contribution < 1.29 is 0 Å². The highest BCUT2D eigenvalue weighted by Crippen LogP contribution is 2.30. The molecule has 4 nitrogen and oxygen atoms in total. The van der Waals surface area contributed by atoms with Crippen LogP contribution >= 0.6 is 22.9 Å². The van der Waals surface area contributed by atoms with E-state index in [1.165, 1.54) is 11.3 Å². The van der Waals surface area contributed by atoms with E-state index >= 15 is 0 Å². The lowest BCUT2D eigenvalue weighted by Gasteiger charge is -2.00. The van der Waals surface area contributed by atoms with Crippen molar-refractivity contribution in [2.24, 2.45) is 0 Å². The summed E-state index contributed by atoms with van der Waals surface area (Å²) in [6.07, 6.45) is 3.36. The molecule has 0 aliphatic carbocycles. The zero-order valence-corrected chi connectivity index (χ0v) is 11.3. The Kier molecular flexibility index (Phi) is 3.39. The minimum Gasteiger partial charge on any atom is -0.300 e. The van der Waals surface area contributed by atoms with Crippen molar-refractivity contribution in [1.82, 2.24) is 15.0 Å². The normalized spacial score (nSPS) is 10.4. The lowest BCUT2D eigenvalue weighted by Crippen LogP contribution is -1.94. The van der Waals surface area contributed by atoms with Crippen molar-refractivity contribution in [3.63, 3.8) is 0 Å². The second-order valence-corrected chi connectivity index (χ2v) is 4.98. The molecule has 0 atom stereocenters. The van der Waals surface area contributed by atoms with E-state index in [1.807, 2.05) is 29.6 Å². The minimum absolute atomic E-state index is 0.530. The van der Waals surface area contributed by atoms with E-state index in [2.05, 4.69) is 20.3 Å². The SMILES string of the molecule is Clc1ccccc1-c1csc(Nc2ncccn2)n1. The number of benzene rings is 1. The number of hydrogen-bond donors (Lipinski definition) is 1. The maximum atomic E-state index is 6.15. The third-order valence-corrected chi connectivity index (χ3v) is 3.53. The molecule has 0 aliphatic heterocycles. The summed E-state index contributed by atoms with van der Waals surface area (Å²) in [4.78, 5) is 12.7. The van der Waals surface area contributed by atoms with Crippen LogP contribution in [0, 0.1) is 0 Å². The Hall–Kier alpha value is -1.98. The summed E-state index contributed by atoms with van der Waals surface area (Å²) >= 11 is 7.63. The van der Waals surface area contributed by atoms with E-state index in [9.17, 15) is 0 Å². The van der Waals surface area contributed by atoms with Gasteiger partial charge in [0.05, 0.1) is 5.69 Å². The van der Waals surface area contributed by atoms with Crippen LogP contribution in [-0.2, 0) is 0 Å². The smallest absolute Gasteiger partial charge is 0.228 e. The number of aromatic nitrogens is 3. The molecular formula is C13H9ClN4S. The summed E-state index contributed by atoms with van der Waals surface area (Å²) in [7, 11) is 0. The number of hydrogen-bond acceptors (Lipinski definition) is 5. The van der Waals surface area contributed by atoms with E-state index in [-0.39, 0.29) is 0 Å². The van der Waals surface area contributed by atoms with E-state index in [1.54, 1.807) is 18.5 Å². The Labute approximate surface area is 119 Å². The van der Waals surface area contributed by atoms with Crippen molar-refractivity contribution in [1.29, 1.82) is 0 Å². The van der Waals surface area contributed by atoms with Gasteiger partial charge in [0.15, 0.2) is 5.13 Å². The van der Waals surface area contributed by atoms with Gasteiger partial charge in [0.2, 0.25) is 5.95 Å². The molecule has 0 unspecified atom stereocenters. The summed E-state index contributed by atoms with van der Waals surface area (Å²) in [5.74, 6) is 0.530. The molecule has 1 aromatic carbocycles. The molecule has 3 aromatic rings. The fourth-order valence-electron chi connectivity index (χ4n) is 1.58. The lowest BCUT2D eigenvalue weighted by atomic mass is 10.2. The number of nitrogens with zero attached hydrogens (tertiary/aromatic N) is 3. The van der Waals surface area contributed by atoms with Gasteiger partial charge >= 0.3 is 0 Å². The summed E-state index contributed by atoms with van der Waals surface area (Å²) in [5.41, 5.74) is 1.76. The van der Waals surface area contributed by atoms with Crippen molar-refractivity contribution >= 4 is 34.0 Å². The maximum Gasteiger partial charge on any atom is 0.228 e. The summed E-state index contributed by atoms with van der Waals surface area (Å²) in [6, 6.07) is 9.40. The average molecular weight is 289 g/mol. The zero-order chi connectivity index (χ0) is 13.1. The highest BCUT2D eigenvalue weighted by Gasteiger charge is 2.08. The molecule has 3 rings (SSSR count). The van der Waals surface area contributed by atoms with E-state index < -0.39 is 0 Å². The first kappa shape index (κ1) is 12.1. The monoisotopic (exact) mass is 288 g/mol. The van der Waals surface area contributed by atoms with Gasteiger partial charge in [-0.3, -0.25) is 0 Å². The highest BCUT2D eigenvalue weighted by molar-refractivity contribution is 7.14. The third-order valence-electron chi connectivity index (χ3n) is 2.44. The van der Waals surface area contributed by atoms with E-state index in [0.29, 0.717) is 11.0 Å². The first-order valence-corrected chi connectivity index (χ1v) is 6.83. The van der Waals surface area contributed by atoms with Gasteiger partial charge in [-0.2, -0.15) is 0 Å². The van der Waals surface area contributed by atoms with Crippen molar-refractivity contribution in [3.8, 4) is 11.3 Å². The first-order chi connectivity index (χ1) is 9.33. The van der Waals surface area contributed by atoms with Crippen LogP contribution in [0.5, 0.6) is 0 Å². The Morgan fingerprint density at radius 1 is 1.05 bits per heavy atom. The molecule has 0 amide bonds. The van der Waals surface area contributed by atoms with Gasteiger partial charge in [-0.1, -0.05) is 29.8 Å². The summed E-state index contributed by atoms with van der Waals surface area (Å²) in [6.45, 7) is 0. The van der Waals surface area contributed by atoms with Crippen molar-refractivity contribution in [2.75, 3.05) is 5.32 Å². The van der Waals surface area contributed by atoms with Crippen molar-refractivity contribution in [2.45, 2.75) is 0 Å². The molecule has 0 bridgehead atoms. The average Bonchev–Trinajstić information content (AvgIpc) is 2.89. The molecule has 6 heteroatoms. The predicted molar refractivity (Wildman–Crippen MR) is 77.9 cm³/mol. The van der Waals surface area contributed by atoms with Crippen LogP contribution in [0.3, 0.4) is 0 Å². The fraction of sp³-hybridized carbons (Fsp3) is 0. The molecule has 0 saturated heterocycles. The predicted octanol–water partition coefficient (Wildman–Crippen LogP) is 4.00. The van der Waals surface area contributed by atoms with Gasteiger partial charge in [-0.25, -0.2) is 15.0 Å². The molecule has 94 valence electrons. The van der Waals surface area contributed by atoms with Gasteiger partial charge in [-0.05, 0) is 12.1 Å². The quantitative estimate of drug-likeness (QED) is 0.791. The molecule has 0 spiro atoms. The maximum absolute atomic E-state index is 6.15. The Bertz CT molecular complexity index is 684. The van der Waals surface area contributed by atoms with Gasteiger partial charge in [0.1, 0.15) is 0 Å². The summed E-state index contributed by atoms with van der Waals surface area (Å²) < 4.78 is 0.